The van der Waals surface area contributed by atoms with Gasteiger partial charge in [0.15, 0.2) is 0 Å². The van der Waals surface area contributed by atoms with Gasteiger partial charge < -0.3 is 19.8 Å². The maximum Gasteiger partial charge on any atom is 0.344 e. The number of rotatable bonds is 4. The average molecular weight is 322 g/mol. The first-order valence-corrected chi connectivity index (χ1v) is 8.35. The van der Waals surface area contributed by atoms with Gasteiger partial charge in [-0.3, -0.25) is 10.0 Å². The van der Waals surface area contributed by atoms with E-state index in [9.17, 15) is 19.6 Å². The highest BCUT2D eigenvalue weighted by molar-refractivity contribution is 6.64. The quantitative estimate of drug-likeness (QED) is 0.400. The van der Waals surface area contributed by atoms with Crippen molar-refractivity contribution < 1.29 is 19.6 Å². The Labute approximate surface area is 136 Å². The molecule has 3 saturated heterocycles. The number of amides is 3. The molecule has 3 aliphatic heterocycles. The number of hydrogen-bond acceptors (Lipinski definition) is 5. The van der Waals surface area contributed by atoms with Crippen molar-refractivity contribution in [2.45, 2.75) is 50.2 Å². The van der Waals surface area contributed by atoms with Gasteiger partial charge in [0.1, 0.15) is 6.04 Å². The van der Waals surface area contributed by atoms with Gasteiger partial charge >= 0.3 is 6.03 Å². The molecule has 23 heavy (non-hydrogen) atoms. The molecule has 0 radical (unpaired) electrons. The molecule has 3 fully saturated rings. The number of urea groups is 1. The van der Waals surface area contributed by atoms with Gasteiger partial charge in [-0.25, -0.2) is 9.86 Å². The first-order chi connectivity index (χ1) is 11.1. The second kappa shape index (κ2) is 6.88. The molecule has 3 amide bonds. The van der Waals surface area contributed by atoms with E-state index in [1.807, 2.05) is 0 Å². The van der Waals surface area contributed by atoms with Crippen molar-refractivity contribution in [2.24, 2.45) is 0 Å². The zero-order valence-corrected chi connectivity index (χ0v) is 13.2. The van der Waals surface area contributed by atoms with Crippen LogP contribution in [0.25, 0.3) is 0 Å². The number of carbonyl (C=O) groups is 3. The van der Waals surface area contributed by atoms with Gasteiger partial charge in [0, 0.05) is 12.6 Å². The molecule has 0 saturated carbocycles. The molecule has 8 nitrogen and oxygen atoms in total. The zero-order chi connectivity index (χ0) is 16.4. The molecule has 3 atom stereocenters. The van der Waals surface area contributed by atoms with Gasteiger partial charge in [-0.1, -0.05) is 0 Å². The zero-order valence-electron chi connectivity index (χ0n) is 13.2. The first kappa shape index (κ1) is 16.3. The van der Waals surface area contributed by atoms with Gasteiger partial charge in [0.25, 0.3) is 7.41 Å². The van der Waals surface area contributed by atoms with E-state index in [-0.39, 0.29) is 18.0 Å². The van der Waals surface area contributed by atoms with Gasteiger partial charge in [-0.2, -0.15) is 0 Å². The number of nitrogens with one attached hydrogen (secondary N) is 1. The molecule has 2 N–H and O–H groups in total. The SMILES string of the molecule is O=CBN1CCC[C@H](NC(=O)[C@@H]2CC[C@@H]3CN2C(=O)N3O)CC1. The summed E-state index contributed by atoms with van der Waals surface area (Å²) in [6.45, 7) is 2.09. The Balaban J connectivity index is 1.55. The fraction of sp³-hybridized carbons (Fsp3) is 0.786. The van der Waals surface area contributed by atoms with Crippen LogP contribution in [-0.4, -0.2) is 83.3 Å². The van der Waals surface area contributed by atoms with E-state index in [0.717, 1.165) is 43.6 Å². The molecule has 0 spiro atoms. The summed E-state index contributed by atoms with van der Waals surface area (Å²) >= 11 is 0. The molecule has 3 heterocycles. The van der Waals surface area contributed by atoms with Crippen LogP contribution in [0.15, 0.2) is 0 Å². The molecule has 2 bridgehead atoms. The van der Waals surface area contributed by atoms with Gasteiger partial charge in [0.2, 0.25) is 5.91 Å². The lowest BCUT2D eigenvalue weighted by molar-refractivity contribution is -0.126. The molecular formula is C14H23BN4O4. The maximum absolute atomic E-state index is 12.6. The van der Waals surface area contributed by atoms with E-state index in [4.69, 9.17) is 0 Å². The lowest BCUT2D eigenvalue weighted by atomic mass is 9.94. The second-order valence-electron chi connectivity index (χ2n) is 6.63. The predicted molar refractivity (Wildman–Crippen MR) is 83.8 cm³/mol. The van der Waals surface area contributed by atoms with E-state index in [1.54, 1.807) is 0 Å². The minimum absolute atomic E-state index is 0.0832. The molecule has 9 heteroatoms. The number of nitrogens with zero attached hydrogens (tertiary/aromatic N) is 3. The largest absolute Gasteiger partial charge is 0.352 e. The Bertz CT molecular complexity index is 491. The van der Waals surface area contributed by atoms with Crippen molar-refractivity contribution in [3.8, 4) is 0 Å². The lowest BCUT2D eigenvalue weighted by Crippen LogP contribution is -2.52. The van der Waals surface area contributed by atoms with Crippen LogP contribution in [0.2, 0.25) is 0 Å². The summed E-state index contributed by atoms with van der Waals surface area (Å²) in [6, 6.07) is -1.04. The van der Waals surface area contributed by atoms with Crippen LogP contribution in [0.1, 0.15) is 32.1 Å². The fourth-order valence-electron chi connectivity index (χ4n) is 3.81. The normalized spacial score (nSPS) is 31.7. The minimum Gasteiger partial charge on any atom is -0.352 e. The Morgan fingerprint density at radius 1 is 1.26 bits per heavy atom. The molecule has 3 rings (SSSR count). The van der Waals surface area contributed by atoms with Crippen molar-refractivity contribution in [3.63, 3.8) is 0 Å². The highest BCUT2D eigenvalue weighted by atomic mass is 16.5. The standard InChI is InChI=1S/C14H23BN4O4/c20-9-15-17-6-1-2-10(5-7-17)16-13(21)12-4-3-11-8-18(12)14(22)19(11)23/h9-12,15,23H,1-8H2,(H,16,21)/t10-,11+,12-/m0/s1. The molecule has 0 aromatic heterocycles. The van der Waals surface area contributed by atoms with Crippen molar-refractivity contribution in [2.75, 3.05) is 19.6 Å². The third kappa shape index (κ3) is 3.35. The number of hydroxylamine groups is 2. The summed E-state index contributed by atoms with van der Waals surface area (Å²) in [5, 5.41) is 13.5. The maximum atomic E-state index is 12.6. The number of carbonyl (C=O) groups excluding carboxylic acids is 3. The van der Waals surface area contributed by atoms with Gasteiger partial charge in [0.05, 0.1) is 12.2 Å². The smallest absolute Gasteiger partial charge is 0.344 e. The van der Waals surface area contributed by atoms with Crippen LogP contribution in [0, 0.1) is 0 Å². The molecule has 0 aromatic carbocycles. The highest BCUT2D eigenvalue weighted by Gasteiger charge is 2.46. The second-order valence-corrected chi connectivity index (χ2v) is 6.63. The van der Waals surface area contributed by atoms with Crippen LogP contribution in [0.3, 0.4) is 0 Å². The molecule has 0 unspecified atom stereocenters. The Morgan fingerprint density at radius 2 is 2.09 bits per heavy atom. The number of hydrogen-bond donors (Lipinski definition) is 2. The topological polar surface area (TPSA) is 93.2 Å². The fourth-order valence-corrected chi connectivity index (χ4v) is 3.81. The highest BCUT2D eigenvalue weighted by Crippen LogP contribution is 2.28. The van der Waals surface area contributed by atoms with Crippen LogP contribution in [0.4, 0.5) is 4.79 Å². The van der Waals surface area contributed by atoms with Gasteiger partial charge in [-0.15, -0.1) is 0 Å². The molecular weight excluding hydrogens is 299 g/mol. The van der Waals surface area contributed by atoms with Crippen molar-refractivity contribution in [1.29, 1.82) is 0 Å². The molecule has 0 aliphatic carbocycles. The van der Waals surface area contributed by atoms with Crippen LogP contribution >= 0.6 is 0 Å². The lowest BCUT2D eigenvalue weighted by Gasteiger charge is -2.30. The van der Waals surface area contributed by atoms with Crippen LogP contribution in [-0.2, 0) is 9.59 Å². The van der Waals surface area contributed by atoms with Crippen molar-refractivity contribution >= 4 is 25.5 Å². The van der Waals surface area contributed by atoms with Crippen molar-refractivity contribution in [1.82, 2.24) is 20.1 Å². The van der Waals surface area contributed by atoms with E-state index < -0.39 is 12.1 Å². The molecule has 3 aliphatic rings. The Hall–Kier alpha value is -1.61. The van der Waals surface area contributed by atoms with E-state index in [0.29, 0.717) is 26.8 Å². The van der Waals surface area contributed by atoms with E-state index >= 15 is 0 Å². The Kier molecular flexibility index (Phi) is 4.86. The van der Waals surface area contributed by atoms with E-state index in [2.05, 4.69) is 10.1 Å². The summed E-state index contributed by atoms with van der Waals surface area (Å²) in [5.74, 6) is -0.124. The summed E-state index contributed by atoms with van der Waals surface area (Å²) < 4.78 is 0. The monoisotopic (exact) mass is 322 g/mol. The Morgan fingerprint density at radius 3 is 2.87 bits per heavy atom. The van der Waals surface area contributed by atoms with Crippen LogP contribution < -0.4 is 5.32 Å². The van der Waals surface area contributed by atoms with Crippen molar-refractivity contribution in [3.05, 3.63) is 0 Å². The number of fused-ring (bicyclic) bond motifs is 2. The molecule has 126 valence electrons. The average Bonchev–Trinajstić information content (AvgIpc) is 2.72. The van der Waals surface area contributed by atoms with Gasteiger partial charge in [-0.05, 0) is 45.2 Å². The third-order valence-electron chi connectivity index (χ3n) is 5.15. The summed E-state index contributed by atoms with van der Waals surface area (Å²) in [4.78, 5) is 38.7. The number of piperidine rings is 1. The third-order valence-corrected chi connectivity index (χ3v) is 5.15. The summed E-state index contributed by atoms with van der Waals surface area (Å²) in [7, 11) is 0.444. The summed E-state index contributed by atoms with van der Waals surface area (Å²) in [5.41, 5.74) is 0. The van der Waals surface area contributed by atoms with E-state index in [1.165, 1.54) is 4.90 Å². The minimum atomic E-state index is -0.481. The summed E-state index contributed by atoms with van der Waals surface area (Å²) in [6.07, 6.45) is 4.79. The first-order valence-electron chi connectivity index (χ1n) is 8.35. The molecule has 0 aromatic rings. The predicted octanol–water partition coefficient (Wildman–Crippen LogP) is -0.843. The van der Waals surface area contributed by atoms with Crippen LogP contribution in [0.5, 0.6) is 0 Å².